The van der Waals surface area contributed by atoms with Crippen LogP contribution in [0, 0.1) is 0 Å². The lowest BCUT2D eigenvalue weighted by atomic mass is 10.1. The molecular weight excluding hydrogens is 460 g/mol. The number of hydrogen-bond acceptors (Lipinski definition) is 7. The van der Waals surface area contributed by atoms with Gasteiger partial charge in [-0.1, -0.05) is 24.3 Å². The summed E-state index contributed by atoms with van der Waals surface area (Å²) in [6.07, 6.45) is 0. The number of fused-ring (bicyclic) bond motifs is 1. The summed E-state index contributed by atoms with van der Waals surface area (Å²) >= 11 is 0. The van der Waals surface area contributed by atoms with E-state index in [2.05, 4.69) is 0 Å². The molecule has 2 unspecified atom stereocenters. The van der Waals surface area contributed by atoms with E-state index >= 15 is 0 Å². The molecule has 2 N–H and O–H groups in total. The van der Waals surface area contributed by atoms with Crippen molar-refractivity contribution in [2.45, 2.75) is 25.9 Å². The van der Waals surface area contributed by atoms with Crippen molar-refractivity contribution >= 4 is 11.8 Å². The van der Waals surface area contributed by atoms with Crippen LogP contribution < -0.4 is 24.7 Å². The maximum atomic E-state index is 12.5. The number of ether oxygens (including phenoxy) is 4. The molecule has 0 saturated carbocycles. The Morgan fingerprint density at radius 2 is 1.06 bits per heavy atom. The number of nitrogens with two attached hydrogens (primary N) is 1. The van der Waals surface area contributed by atoms with E-state index in [1.165, 1.54) is 4.90 Å². The largest absolute Gasteiger partial charge is 0.493 e. The first-order valence-electron chi connectivity index (χ1n) is 11.4. The molecule has 190 valence electrons. The maximum absolute atomic E-state index is 12.5. The summed E-state index contributed by atoms with van der Waals surface area (Å²) in [5, 5.41) is 0. The second-order valence-corrected chi connectivity index (χ2v) is 8.22. The van der Waals surface area contributed by atoms with Gasteiger partial charge in [0.15, 0.2) is 23.0 Å². The third-order valence-electron chi connectivity index (χ3n) is 6.04. The number of imide groups is 1. The van der Waals surface area contributed by atoms with Crippen molar-refractivity contribution in [1.29, 1.82) is 0 Å². The van der Waals surface area contributed by atoms with Gasteiger partial charge in [0.25, 0.3) is 11.8 Å². The number of amides is 2. The molecule has 0 radical (unpaired) electrons. The predicted molar refractivity (Wildman–Crippen MR) is 137 cm³/mol. The van der Waals surface area contributed by atoms with Crippen LogP contribution in [0.1, 0.15) is 57.8 Å². The zero-order chi connectivity index (χ0) is 26.4. The molecule has 0 spiro atoms. The van der Waals surface area contributed by atoms with Crippen LogP contribution in [-0.4, -0.2) is 45.2 Å². The number of methoxy groups -OCH3 is 4. The molecule has 3 aromatic carbocycles. The zero-order valence-corrected chi connectivity index (χ0v) is 21.4. The number of hydrogen-bond donors (Lipinski definition) is 1. The van der Waals surface area contributed by atoms with E-state index in [-0.39, 0.29) is 17.9 Å². The molecule has 0 saturated heterocycles. The molecule has 3 aromatic rings. The Balaban J connectivity index is 0.000000236. The van der Waals surface area contributed by atoms with Crippen LogP contribution in [0.5, 0.6) is 23.0 Å². The van der Waals surface area contributed by atoms with Gasteiger partial charge in [-0.05, 0) is 61.4 Å². The van der Waals surface area contributed by atoms with Crippen molar-refractivity contribution in [3.05, 3.63) is 82.9 Å². The minimum atomic E-state index is -0.401. The van der Waals surface area contributed by atoms with Crippen molar-refractivity contribution < 1.29 is 28.5 Å². The Morgan fingerprint density at radius 1 is 0.639 bits per heavy atom. The Hall–Kier alpha value is -4.04. The van der Waals surface area contributed by atoms with Crippen molar-refractivity contribution in [2.24, 2.45) is 5.73 Å². The van der Waals surface area contributed by atoms with Crippen molar-refractivity contribution in [2.75, 3.05) is 28.4 Å². The highest BCUT2D eigenvalue weighted by Gasteiger charge is 2.38. The third kappa shape index (κ3) is 5.28. The Labute approximate surface area is 211 Å². The second kappa shape index (κ2) is 11.6. The molecule has 0 bridgehead atoms. The summed E-state index contributed by atoms with van der Waals surface area (Å²) in [5.41, 5.74) is 8.47. The summed E-state index contributed by atoms with van der Waals surface area (Å²) in [7, 11) is 6.34. The van der Waals surface area contributed by atoms with Crippen molar-refractivity contribution in [3.63, 3.8) is 0 Å². The number of nitrogens with zero attached hydrogens (tertiary/aromatic N) is 1. The molecular formula is C28H32N2O6. The first kappa shape index (κ1) is 26.6. The minimum absolute atomic E-state index is 0.0137. The normalized spacial score (nSPS) is 13.8. The number of carbonyl (C=O) groups is 2. The average Bonchev–Trinajstić information content (AvgIpc) is 3.17. The lowest BCUT2D eigenvalue weighted by molar-refractivity contribution is 0.0595. The van der Waals surface area contributed by atoms with Crippen LogP contribution in [0.2, 0.25) is 0 Å². The Bertz CT molecular complexity index is 1210. The van der Waals surface area contributed by atoms with Gasteiger partial charge in [-0.25, -0.2) is 0 Å². The Morgan fingerprint density at radius 3 is 1.47 bits per heavy atom. The molecule has 0 aliphatic carbocycles. The van der Waals surface area contributed by atoms with Crippen LogP contribution >= 0.6 is 0 Å². The van der Waals surface area contributed by atoms with E-state index in [0.717, 1.165) is 22.6 Å². The van der Waals surface area contributed by atoms with Gasteiger partial charge in [0, 0.05) is 6.04 Å². The summed E-state index contributed by atoms with van der Waals surface area (Å²) in [5.74, 6) is 2.07. The van der Waals surface area contributed by atoms with Crippen LogP contribution in [0.4, 0.5) is 0 Å². The highest BCUT2D eigenvalue weighted by molar-refractivity contribution is 6.21. The Kier molecular flexibility index (Phi) is 8.55. The highest BCUT2D eigenvalue weighted by atomic mass is 16.5. The monoisotopic (exact) mass is 492 g/mol. The van der Waals surface area contributed by atoms with E-state index in [4.69, 9.17) is 24.7 Å². The topological polar surface area (TPSA) is 100 Å². The van der Waals surface area contributed by atoms with E-state index < -0.39 is 6.04 Å². The van der Waals surface area contributed by atoms with Crippen LogP contribution in [0.15, 0.2) is 60.7 Å². The van der Waals surface area contributed by atoms with E-state index in [1.807, 2.05) is 38.1 Å². The average molecular weight is 493 g/mol. The van der Waals surface area contributed by atoms with Crippen LogP contribution in [0.3, 0.4) is 0 Å². The molecule has 2 amide bonds. The summed E-state index contributed by atoms with van der Waals surface area (Å²) in [6, 6.07) is 17.6. The lowest BCUT2D eigenvalue weighted by Gasteiger charge is -2.23. The number of benzene rings is 3. The zero-order valence-electron chi connectivity index (χ0n) is 21.4. The fourth-order valence-electron chi connectivity index (χ4n) is 3.96. The van der Waals surface area contributed by atoms with Gasteiger partial charge in [-0.2, -0.15) is 0 Å². The molecule has 8 heteroatoms. The SMILES string of the molecule is COc1ccc(C(C)N)cc1OC.COc1ccc(C(C)N2C(=O)c3ccccc3C2=O)cc1OC. The molecule has 1 heterocycles. The van der Waals surface area contributed by atoms with Gasteiger partial charge < -0.3 is 24.7 Å². The van der Waals surface area contributed by atoms with Gasteiger partial charge in [-0.3, -0.25) is 14.5 Å². The van der Waals surface area contributed by atoms with Gasteiger partial charge in [0.05, 0.1) is 45.6 Å². The fourth-order valence-corrected chi connectivity index (χ4v) is 3.96. The molecule has 8 nitrogen and oxygen atoms in total. The fraction of sp³-hybridized carbons (Fsp3) is 0.286. The van der Waals surface area contributed by atoms with E-state index in [1.54, 1.807) is 64.8 Å². The highest BCUT2D eigenvalue weighted by Crippen LogP contribution is 2.35. The molecule has 1 aliphatic rings. The second-order valence-electron chi connectivity index (χ2n) is 8.22. The molecule has 4 rings (SSSR count). The minimum Gasteiger partial charge on any atom is -0.493 e. The smallest absolute Gasteiger partial charge is 0.262 e. The maximum Gasteiger partial charge on any atom is 0.262 e. The first-order valence-corrected chi connectivity index (χ1v) is 11.4. The van der Waals surface area contributed by atoms with Crippen molar-refractivity contribution in [3.8, 4) is 23.0 Å². The van der Waals surface area contributed by atoms with Crippen LogP contribution in [0.25, 0.3) is 0 Å². The first-order chi connectivity index (χ1) is 17.3. The molecule has 36 heavy (non-hydrogen) atoms. The summed E-state index contributed by atoms with van der Waals surface area (Å²) in [4.78, 5) is 26.4. The van der Waals surface area contributed by atoms with Gasteiger partial charge >= 0.3 is 0 Å². The summed E-state index contributed by atoms with van der Waals surface area (Å²) < 4.78 is 20.8. The molecule has 0 fully saturated rings. The standard InChI is InChI=1S/C18H17NO4.C10H15NO2/c1-11(12-8-9-15(22-2)16(10-12)23-3)19-17(20)13-6-4-5-7-14(13)18(19)21;1-7(11)8-4-5-9(12-2)10(6-8)13-3/h4-11H,1-3H3;4-7H,11H2,1-3H3. The van der Waals surface area contributed by atoms with E-state index in [9.17, 15) is 9.59 Å². The van der Waals surface area contributed by atoms with Crippen molar-refractivity contribution in [1.82, 2.24) is 4.90 Å². The third-order valence-corrected chi connectivity index (χ3v) is 6.04. The lowest BCUT2D eigenvalue weighted by Crippen LogP contribution is -2.32. The summed E-state index contributed by atoms with van der Waals surface area (Å²) in [6.45, 7) is 3.75. The number of rotatable bonds is 7. The predicted octanol–water partition coefficient (Wildman–Crippen LogP) is 4.78. The van der Waals surface area contributed by atoms with Gasteiger partial charge in [-0.15, -0.1) is 0 Å². The van der Waals surface area contributed by atoms with Gasteiger partial charge in [0.1, 0.15) is 0 Å². The number of carbonyl (C=O) groups excluding carboxylic acids is 2. The molecule has 0 aromatic heterocycles. The van der Waals surface area contributed by atoms with Gasteiger partial charge in [0.2, 0.25) is 0 Å². The van der Waals surface area contributed by atoms with E-state index in [0.29, 0.717) is 22.6 Å². The molecule has 1 aliphatic heterocycles. The quantitative estimate of drug-likeness (QED) is 0.474. The van der Waals surface area contributed by atoms with Crippen LogP contribution in [-0.2, 0) is 0 Å². The molecule has 2 atom stereocenters.